The molecule has 0 saturated carbocycles. The van der Waals surface area contributed by atoms with Crippen LogP contribution in [0.2, 0.25) is 0 Å². The maximum absolute atomic E-state index is 12.5. The molecule has 0 bridgehead atoms. The van der Waals surface area contributed by atoms with Crippen LogP contribution in [0.4, 0.5) is 5.69 Å². The summed E-state index contributed by atoms with van der Waals surface area (Å²) in [6.07, 6.45) is 9.94. The van der Waals surface area contributed by atoms with Crippen molar-refractivity contribution in [1.29, 1.82) is 0 Å². The van der Waals surface area contributed by atoms with Gasteiger partial charge in [0.1, 0.15) is 0 Å². The van der Waals surface area contributed by atoms with E-state index in [1.807, 2.05) is 12.3 Å². The van der Waals surface area contributed by atoms with Crippen LogP contribution < -0.4 is 10.3 Å². The lowest BCUT2D eigenvalue weighted by Crippen LogP contribution is -2.23. The number of nitrogens with zero attached hydrogens (tertiary/aromatic N) is 4. The smallest absolute Gasteiger partial charge is 0.182 e. The largest absolute Gasteiger partial charge is 0.375 e. The molecule has 0 spiro atoms. The van der Waals surface area contributed by atoms with E-state index in [1.165, 1.54) is 37.1 Å². The minimum absolute atomic E-state index is 0.0217. The summed E-state index contributed by atoms with van der Waals surface area (Å²) in [7, 11) is 0. The van der Waals surface area contributed by atoms with E-state index < -0.39 is 0 Å². The predicted octanol–water partition coefficient (Wildman–Crippen LogP) is 3.21. The Bertz CT molecular complexity index is 1010. The van der Waals surface area contributed by atoms with Gasteiger partial charge >= 0.3 is 0 Å². The van der Waals surface area contributed by atoms with E-state index in [0.717, 1.165) is 61.9 Å². The van der Waals surface area contributed by atoms with Crippen molar-refractivity contribution in [3.63, 3.8) is 0 Å². The lowest BCUT2D eigenvalue weighted by Gasteiger charge is -2.24. The van der Waals surface area contributed by atoms with Crippen molar-refractivity contribution < 1.29 is 0 Å². The molecule has 0 radical (unpaired) electrons. The summed E-state index contributed by atoms with van der Waals surface area (Å²) in [5.41, 5.74) is 5.68. The highest BCUT2D eigenvalue weighted by Gasteiger charge is 2.19. The van der Waals surface area contributed by atoms with Crippen LogP contribution in [0.1, 0.15) is 37.8 Å². The Morgan fingerprint density at radius 3 is 2.41 bits per heavy atom. The van der Waals surface area contributed by atoms with E-state index in [0.29, 0.717) is 0 Å². The highest BCUT2D eigenvalue weighted by molar-refractivity contribution is 6.08. The van der Waals surface area contributed by atoms with Gasteiger partial charge in [0.15, 0.2) is 5.43 Å². The monoisotopic (exact) mass is 389 g/mol. The number of pyridine rings is 2. The SMILES string of the molecule is O=c1cc(C2=NCCC(N3CCCC3)=C2)[nH]c(-c2cc(N3CCCC3)ccn2)c1. The molecule has 1 N–H and O–H groups in total. The predicted molar refractivity (Wildman–Crippen MR) is 117 cm³/mol. The van der Waals surface area contributed by atoms with Crippen molar-refractivity contribution >= 4 is 11.4 Å². The van der Waals surface area contributed by atoms with Crippen molar-refractivity contribution in [2.45, 2.75) is 32.1 Å². The normalized spacial score (nSPS) is 19.4. The zero-order valence-electron chi connectivity index (χ0n) is 16.7. The van der Waals surface area contributed by atoms with Crippen LogP contribution in [0, 0.1) is 0 Å². The maximum atomic E-state index is 12.5. The summed E-state index contributed by atoms with van der Waals surface area (Å²) in [4.78, 5) is 29.9. The lowest BCUT2D eigenvalue weighted by molar-refractivity contribution is 0.409. The Morgan fingerprint density at radius 1 is 0.897 bits per heavy atom. The molecule has 2 fully saturated rings. The first-order chi connectivity index (χ1) is 14.3. The van der Waals surface area contributed by atoms with E-state index in [1.54, 1.807) is 12.1 Å². The Morgan fingerprint density at radius 2 is 1.62 bits per heavy atom. The van der Waals surface area contributed by atoms with Gasteiger partial charge in [0.2, 0.25) is 0 Å². The van der Waals surface area contributed by atoms with Crippen molar-refractivity contribution in [1.82, 2.24) is 14.9 Å². The van der Waals surface area contributed by atoms with Crippen LogP contribution in [-0.2, 0) is 0 Å². The highest BCUT2D eigenvalue weighted by atomic mass is 16.1. The van der Waals surface area contributed by atoms with Crippen LogP contribution in [0.3, 0.4) is 0 Å². The summed E-state index contributed by atoms with van der Waals surface area (Å²) in [5, 5.41) is 0. The van der Waals surface area contributed by atoms with Crippen LogP contribution >= 0.6 is 0 Å². The molecule has 3 aliphatic heterocycles. The zero-order chi connectivity index (χ0) is 19.6. The number of nitrogens with one attached hydrogen (secondary N) is 1. The Kier molecular flexibility index (Phi) is 4.92. The van der Waals surface area contributed by atoms with Crippen LogP contribution in [0.25, 0.3) is 11.4 Å². The van der Waals surface area contributed by atoms with E-state index >= 15 is 0 Å². The van der Waals surface area contributed by atoms with Crippen LogP contribution in [0.15, 0.2) is 52.0 Å². The third-order valence-electron chi connectivity index (χ3n) is 6.07. The van der Waals surface area contributed by atoms with Crippen molar-refractivity contribution in [3.8, 4) is 11.4 Å². The van der Waals surface area contributed by atoms with Crippen molar-refractivity contribution in [3.05, 3.63) is 58.2 Å². The number of aromatic amines is 1. The summed E-state index contributed by atoms with van der Waals surface area (Å²) < 4.78 is 0. The van der Waals surface area contributed by atoms with Gasteiger partial charge in [-0.3, -0.25) is 14.8 Å². The molecule has 150 valence electrons. The van der Waals surface area contributed by atoms with Crippen LogP contribution in [-0.4, -0.2) is 53.3 Å². The Balaban J connectivity index is 1.47. The lowest BCUT2D eigenvalue weighted by atomic mass is 10.1. The molecule has 5 rings (SSSR count). The number of aliphatic imine (C=N–C) groups is 1. The second kappa shape index (κ2) is 7.85. The van der Waals surface area contributed by atoms with E-state index in [9.17, 15) is 4.79 Å². The first-order valence-electron chi connectivity index (χ1n) is 10.7. The molecular weight excluding hydrogens is 362 g/mol. The molecule has 5 heterocycles. The van der Waals surface area contributed by atoms with Gasteiger partial charge in [-0.1, -0.05) is 0 Å². The fourth-order valence-corrected chi connectivity index (χ4v) is 4.54. The quantitative estimate of drug-likeness (QED) is 0.872. The topological polar surface area (TPSA) is 64.6 Å². The molecule has 0 amide bonds. The number of aromatic nitrogens is 2. The van der Waals surface area contributed by atoms with Gasteiger partial charge in [-0.05, 0) is 43.9 Å². The number of likely N-dealkylation sites (tertiary alicyclic amines) is 1. The number of hydrogen-bond donors (Lipinski definition) is 1. The summed E-state index contributed by atoms with van der Waals surface area (Å²) in [5.74, 6) is 0. The van der Waals surface area contributed by atoms with Gasteiger partial charge in [-0.25, -0.2) is 0 Å². The fourth-order valence-electron chi connectivity index (χ4n) is 4.54. The van der Waals surface area contributed by atoms with Gasteiger partial charge in [0.25, 0.3) is 0 Å². The standard InChI is InChI=1S/C23H27N5O/c29-19-15-22(20-13-17(5-7-24-20)27-9-1-2-10-27)26-23(16-19)21-14-18(6-8-25-21)28-11-3-4-12-28/h5,7,13-16H,1-4,6,8-12H2,(H,26,29). The Labute approximate surface area is 171 Å². The molecular formula is C23H27N5O. The minimum atomic E-state index is -0.0217. The van der Waals surface area contributed by atoms with E-state index in [4.69, 9.17) is 4.99 Å². The molecule has 2 saturated heterocycles. The number of dihydropyridines is 1. The number of anilines is 1. The molecule has 2 aromatic heterocycles. The zero-order valence-corrected chi connectivity index (χ0v) is 16.7. The second-order valence-corrected chi connectivity index (χ2v) is 8.08. The third kappa shape index (κ3) is 3.84. The molecule has 0 atom stereocenters. The maximum Gasteiger partial charge on any atom is 0.182 e. The molecule has 6 nitrogen and oxygen atoms in total. The van der Waals surface area contributed by atoms with Crippen LogP contribution in [0.5, 0.6) is 0 Å². The van der Waals surface area contributed by atoms with E-state index in [2.05, 4.69) is 31.9 Å². The molecule has 3 aliphatic rings. The number of allylic oxidation sites excluding steroid dienone is 1. The van der Waals surface area contributed by atoms with Crippen molar-refractivity contribution in [2.24, 2.45) is 4.99 Å². The summed E-state index contributed by atoms with van der Waals surface area (Å²) in [6, 6.07) is 7.41. The average Bonchev–Trinajstić information content (AvgIpc) is 3.48. The third-order valence-corrected chi connectivity index (χ3v) is 6.07. The van der Waals surface area contributed by atoms with Gasteiger partial charge in [0, 0.05) is 68.9 Å². The first kappa shape index (κ1) is 18.2. The molecule has 6 heteroatoms. The molecule has 2 aromatic rings. The summed E-state index contributed by atoms with van der Waals surface area (Å²) in [6.45, 7) is 5.19. The highest BCUT2D eigenvalue weighted by Crippen LogP contribution is 2.25. The molecule has 29 heavy (non-hydrogen) atoms. The summed E-state index contributed by atoms with van der Waals surface area (Å²) >= 11 is 0. The Hall–Kier alpha value is -2.89. The van der Waals surface area contributed by atoms with Gasteiger partial charge < -0.3 is 14.8 Å². The average molecular weight is 390 g/mol. The fraction of sp³-hybridized carbons (Fsp3) is 0.435. The molecule has 0 aromatic carbocycles. The molecule has 0 unspecified atom stereocenters. The number of rotatable bonds is 4. The second-order valence-electron chi connectivity index (χ2n) is 8.08. The molecule has 0 aliphatic carbocycles. The minimum Gasteiger partial charge on any atom is -0.375 e. The van der Waals surface area contributed by atoms with Crippen molar-refractivity contribution in [2.75, 3.05) is 37.6 Å². The van der Waals surface area contributed by atoms with Gasteiger partial charge in [0.05, 0.1) is 22.8 Å². The van der Waals surface area contributed by atoms with E-state index in [-0.39, 0.29) is 5.43 Å². The van der Waals surface area contributed by atoms with Gasteiger partial charge in [-0.2, -0.15) is 0 Å². The van der Waals surface area contributed by atoms with Gasteiger partial charge in [-0.15, -0.1) is 0 Å². The number of H-pyrrole nitrogens is 1. The first-order valence-corrected chi connectivity index (χ1v) is 10.7. The number of hydrogen-bond acceptors (Lipinski definition) is 5.